The summed E-state index contributed by atoms with van der Waals surface area (Å²) in [7, 11) is 2.80. The van der Waals surface area contributed by atoms with Gasteiger partial charge in [0.05, 0.1) is 49.8 Å². The third kappa shape index (κ3) is 13.7. The minimum atomic E-state index is -1.97. The molecule has 59 heavy (non-hydrogen) atoms. The van der Waals surface area contributed by atoms with E-state index in [1.807, 2.05) is 40.7 Å². The van der Waals surface area contributed by atoms with Crippen molar-refractivity contribution < 1.29 is 68.3 Å². The number of primary amides is 1. The number of nitrogens with two attached hydrogens (primary N) is 1. The number of methoxy groups -OCH3 is 2. The highest BCUT2D eigenvalue weighted by Crippen LogP contribution is 2.42. The first-order valence-electron chi connectivity index (χ1n) is 20.7. The minimum Gasteiger partial charge on any atom is -0.490 e. The Bertz CT molecular complexity index is 1520. The van der Waals surface area contributed by atoms with E-state index in [4.69, 9.17) is 38.9 Å². The van der Waals surface area contributed by atoms with Gasteiger partial charge in [-0.15, -0.1) is 0 Å². The van der Waals surface area contributed by atoms with Gasteiger partial charge in [0.15, 0.2) is 18.2 Å². The number of hydrogen-bond acceptors (Lipinski definition) is 14. The summed E-state index contributed by atoms with van der Waals surface area (Å²) < 4.78 is 41.2. The smallest absolute Gasteiger partial charge is 0.404 e. The Morgan fingerprint density at radius 1 is 1.05 bits per heavy atom. The number of carbonyl (C=O) groups excluding carboxylic acids is 2. The van der Waals surface area contributed by atoms with E-state index in [1.165, 1.54) is 20.3 Å². The quantitative estimate of drug-likeness (QED) is 0.133. The van der Waals surface area contributed by atoms with Crippen molar-refractivity contribution in [1.29, 1.82) is 0 Å². The van der Waals surface area contributed by atoms with Crippen LogP contribution < -0.4 is 5.73 Å². The zero-order valence-electron chi connectivity index (χ0n) is 36.6. The lowest BCUT2D eigenvalue weighted by atomic mass is 9.77. The summed E-state index contributed by atoms with van der Waals surface area (Å²) in [4.78, 5) is 25.2. The molecule has 2 fully saturated rings. The van der Waals surface area contributed by atoms with Crippen LogP contribution in [0.15, 0.2) is 59.4 Å². The Balaban J connectivity index is 1.98. The maximum absolute atomic E-state index is 13.8. The fourth-order valence-electron chi connectivity index (χ4n) is 8.17. The van der Waals surface area contributed by atoms with Crippen LogP contribution in [-0.2, 0) is 38.0 Å². The Labute approximate surface area is 349 Å². The largest absolute Gasteiger partial charge is 0.490 e. The topological polar surface area (TPSA) is 226 Å². The first-order chi connectivity index (χ1) is 27.7. The molecule has 2 saturated heterocycles. The molecular formula is C44H71NO14. The predicted octanol–water partition coefficient (Wildman–Crippen LogP) is 4.35. The molecule has 1 amide bonds. The summed E-state index contributed by atoms with van der Waals surface area (Å²) in [5.74, 6) is -5.57. The van der Waals surface area contributed by atoms with Gasteiger partial charge < -0.3 is 64.4 Å². The van der Waals surface area contributed by atoms with Crippen molar-refractivity contribution in [1.82, 2.24) is 0 Å². The molecule has 3 heterocycles. The number of carbonyl (C=O) groups is 2. The van der Waals surface area contributed by atoms with Crippen LogP contribution in [0.2, 0.25) is 0 Å². The molecule has 0 aromatic heterocycles. The van der Waals surface area contributed by atoms with Crippen molar-refractivity contribution >= 4 is 12.1 Å². The van der Waals surface area contributed by atoms with Gasteiger partial charge in [0, 0.05) is 50.0 Å². The molecule has 15 nitrogen and oxygen atoms in total. The van der Waals surface area contributed by atoms with Crippen molar-refractivity contribution in [2.24, 2.45) is 35.3 Å². The highest BCUT2D eigenvalue weighted by molar-refractivity contribution is 5.87. The average molecular weight is 838 g/mol. The van der Waals surface area contributed by atoms with Gasteiger partial charge in [-0.3, -0.25) is 0 Å². The van der Waals surface area contributed by atoms with E-state index in [0.29, 0.717) is 12.0 Å². The third-order valence-corrected chi connectivity index (χ3v) is 12.0. The molecule has 0 aliphatic carbocycles. The second-order valence-electron chi connectivity index (χ2n) is 16.8. The highest BCUT2D eigenvalue weighted by atomic mass is 16.7. The monoisotopic (exact) mass is 837 g/mol. The Morgan fingerprint density at radius 3 is 2.32 bits per heavy atom. The van der Waals surface area contributed by atoms with Crippen LogP contribution in [0.5, 0.6) is 0 Å². The van der Waals surface area contributed by atoms with Crippen LogP contribution in [0.4, 0.5) is 4.79 Å². The molecule has 0 radical (unpaired) electrons. The van der Waals surface area contributed by atoms with Gasteiger partial charge in [-0.05, 0) is 46.1 Å². The van der Waals surface area contributed by atoms with Crippen molar-refractivity contribution in [2.45, 2.75) is 161 Å². The summed E-state index contributed by atoms with van der Waals surface area (Å²) >= 11 is 0. The second-order valence-corrected chi connectivity index (χ2v) is 16.8. The van der Waals surface area contributed by atoms with Gasteiger partial charge >= 0.3 is 12.1 Å². The fraction of sp³-hybridized carbons (Fsp3) is 0.727. The molecule has 0 spiro atoms. The van der Waals surface area contributed by atoms with Crippen LogP contribution in [-0.4, -0.2) is 125 Å². The van der Waals surface area contributed by atoms with Crippen molar-refractivity contribution in [3.8, 4) is 0 Å². The Morgan fingerprint density at radius 2 is 1.73 bits per heavy atom. The summed E-state index contributed by atoms with van der Waals surface area (Å²) in [6, 6.07) is 0. The number of rotatable bonds is 10. The number of hydrogen-bond donors (Lipinski definition) is 6. The van der Waals surface area contributed by atoms with E-state index in [-0.39, 0.29) is 42.8 Å². The van der Waals surface area contributed by atoms with E-state index >= 15 is 0 Å². The molecule has 0 unspecified atom stereocenters. The van der Waals surface area contributed by atoms with E-state index in [2.05, 4.69) is 0 Å². The van der Waals surface area contributed by atoms with Gasteiger partial charge in [-0.2, -0.15) is 0 Å². The number of ether oxygens (including phenoxy) is 7. The number of allylic oxidation sites excluding steroid dienone is 6. The van der Waals surface area contributed by atoms with Crippen LogP contribution in [0.3, 0.4) is 0 Å². The molecule has 17 atom stereocenters. The molecule has 3 aliphatic heterocycles. The van der Waals surface area contributed by atoms with Crippen molar-refractivity contribution in [3.05, 3.63) is 59.4 Å². The lowest BCUT2D eigenvalue weighted by molar-refractivity contribution is -0.338. The van der Waals surface area contributed by atoms with Crippen LogP contribution in [0.1, 0.15) is 88.0 Å². The van der Waals surface area contributed by atoms with Gasteiger partial charge in [0.2, 0.25) is 5.76 Å². The number of aliphatic hydroxyl groups excluding tert-OH is 4. The molecule has 0 saturated carbocycles. The Hall–Kier alpha value is -3.12. The highest BCUT2D eigenvalue weighted by Gasteiger charge is 2.52. The zero-order chi connectivity index (χ0) is 44.4. The molecular weight excluding hydrogens is 766 g/mol. The summed E-state index contributed by atoms with van der Waals surface area (Å²) in [6.07, 6.45) is 1.79. The summed E-state index contributed by atoms with van der Waals surface area (Å²) in [6.45, 7) is 16.1. The maximum atomic E-state index is 13.8. The van der Waals surface area contributed by atoms with E-state index in [0.717, 1.165) is 5.57 Å². The maximum Gasteiger partial charge on any atom is 0.404 e. The normalized spacial score (nSPS) is 41.9. The van der Waals surface area contributed by atoms with E-state index in [1.54, 1.807) is 58.1 Å². The first-order valence-corrected chi connectivity index (χ1v) is 20.7. The summed E-state index contributed by atoms with van der Waals surface area (Å²) in [5.41, 5.74) is 6.77. The summed E-state index contributed by atoms with van der Waals surface area (Å²) in [5, 5.41) is 57.0. The van der Waals surface area contributed by atoms with Crippen LogP contribution >= 0.6 is 0 Å². The lowest BCUT2D eigenvalue weighted by Crippen LogP contribution is -2.59. The molecule has 3 aliphatic rings. The Kier molecular flexibility index (Phi) is 19.3. The number of aliphatic hydroxyl groups is 5. The van der Waals surface area contributed by atoms with Gasteiger partial charge in [-0.25, -0.2) is 9.59 Å². The minimum absolute atomic E-state index is 0.0306. The van der Waals surface area contributed by atoms with Crippen molar-refractivity contribution in [2.75, 3.05) is 14.2 Å². The average Bonchev–Trinajstić information content (AvgIpc) is 3.16. The molecule has 336 valence electrons. The standard InChI is InChI=1S/C44H71NO14/c1-12-14-34-27(6)37(56-38-21-33(48)41(30(9)55-38)58-43(45)51)22-44(52,59-34)29(8)39(49)28(7)40-35(53-10)16-13-15-23(2)17-25(4)31(46)20-32(47)26(5)18-24(3)19-36(54-11)42(50)57-40/h12-16,18-19,25-35,37-41,46-49,52H,17,20-22H2,1-11H3,(H2,45,51)/b14-12+,16-13+,23-15+,24-18+,36-19-/t25-,26-,27-,28+,29+,30-,31-,32+,33-,34-,35+,37-,38+,39-,40-,41-,44-/m1/s1. The molecule has 0 bridgehead atoms. The number of esters is 1. The molecule has 0 aromatic carbocycles. The number of amides is 1. The molecule has 7 N–H and O–H groups in total. The van der Waals surface area contributed by atoms with Gasteiger partial charge in [0.1, 0.15) is 12.2 Å². The number of cyclic esters (lactones) is 1. The SMILES string of the molecule is C/C=C/[C@H]1O[C@@](O)([C@@H](C)[C@H](O)[C@H](C)[C@H]2OC(=O)/C(OC)=C/C(C)=C/[C@@H](C)[C@@H](O)C[C@@H](O)[C@H](C)C/C(C)=C/C=C/[C@@H]2OC)C[C@@H](O[C@H]2C[C@@H](O)[C@H](OC(N)=O)[C@@H](C)O2)[C@@H]1C. The first kappa shape index (κ1) is 50.2. The van der Waals surface area contributed by atoms with E-state index < -0.39 is 97.0 Å². The predicted molar refractivity (Wildman–Crippen MR) is 219 cm³/mol. The van der Waals surface area contributed by atoms with Crippen LogP contribution in [0, 0.1) is 29.6 Å². The fourth-order valence-corrected chi connectivity index (χ4v) is 8.17. The third-order valence-electron chi connectivity index (χ3n) is 12.0. The molecule has 0 aromatic rings. The van der Waals surface area contributed by atoms with Crippen LogP contribution in [0.25, 0.3) is 0 Å². The van der Waals surface area contributed by atoms with Gasteiger partial charge in [0.25, 0.3) is 0 Å². The zero-order valence-corrected chi connectivity index (χ0v) is 36.6. The van der Waals surface area contributed by atoms with E-state index in [9.17, 15) is 35.1 Å². The van der Waals surface area contributed by atoms with Crippen molar-refractivity contribution in [3.63, 3.8) is 0 Å². The second kappa shape index (κ2) is 22.6. The lowest BCUT2D eigenvalue weighted by Gasteiger charge is -2.49. The molecule has 3 rings (SSSR count). The van der Waals surface area contributed by atoms with Gasteiger partial charge in [-0.1, -0.05) is 82.2 Å². The molecule has 15 heteroatoms.